The summed E-state index contributed by atoms with van der Waals surface area (Å²) in [5, 5.41) is 0. The van der Waals surface area contributed by atoms with Crippen molar-refractivity contribution in [2.45, 2.75) is 386 Å². The molecule has 77 heavy (non-hydrogen) atoms. The predicted octanol–water partition coefficient (Wildman–Crippen LogP) is 23.6. The summed E-state index contributed by atoms with van der Waals surface area (Å²) in [6.07, 6.45) is 82.0. The van der Waals surface area contributed by atoms with Crippen molar-refractivity contribution in [2.75, 3.05) is 13.2 Å². The molecule has 0 aliphatic carbocycles. The Labute approximate surface area is 480 Å². The normalized spacial score (nSPS) is 12.2. The second-order valence-corrected chi connectivity index (χ2v) is 23.4. The highest BCUT2D eigenvalue weighted by Gasteiger charge is 2.19. The summed E-state index contributed by atoms with van der Waals surface area (Å²) in [5.41, 5.74) is 0. The first-order valence-electron chi connectivity index (χ1n) is 34.5. The van der Waals surface area contributed by atoms with Crippen molar-refractivity contribution in [1.82, 2.24) is 0 Å². The third-order valence-electron chi connectivity index (χ3n) is 15.7. The van der Waals surface area contributed by atoms with Crippen molar-refractivity contribution in [3.63, 3.8) is 0 Å². The van der Waals surface area contributed by atoms with Gasteiger partial charge in [-0.05, 0) is 51.4 Å². The van der Waals surface area contributed by atoms with E-state index in [2.05, 4.69) is 57.2 Å². The third-order valence-corrected chi connectivity index (χ3v) is 15.7. The monoisotopic (exact) mass is 1080 g/mol. The molecule has 0 saturated heterocycles. The largest absolute Gasteiger partial charge is 0.462 e. The van der Waals surface area contributed by atoms with Crippen molar-refractivity contribution < 1.29 is 28.6 Å². The first-order chi connectivity index (χ1) is 38.0. The molecule has 0 amide bonds. The van der Waals surface area contributed by atoms with Gasteiger partial charge in [-0.3, -0.25) is 14.4 Å². The van der Waals surface area contributed by atoms with Crippen LogP contribution >= 0.6 is 0 Å². The Bertz CT molecular complexity index is 1290. The summed E-state index contributed by atoms with van der Waals surface area (Å²) in [4.78, 5) is 38.2. The van der Waals surface area contributed by atoms with Gasteiger partial charge in [0, 0.05) is 19.3 Å². The Morgan fingerprint density at radius 1 is 0.273 bits per heavy atom. The quantitative estimate of drug-likeness (QED) is 0.0261. The van der Waals surface area contributed by atoms with Crippen LogP contribution in [0.4, 0.5) is 0 Å². The summed E-state index contributed by atoms with van der Waals surface area (Å²) in [7, 11) is 0. The third kappa shape index (κ3) is 64.3. The van der Waals surface area contributed by atoms with Crippen molar-refractivity contribution in [1.29, 1.82) is 0 Å². The van der Waals surface area contributed by atoms with Crippen LogP contribution in [-0.4, -0.2) is 37.2 Å². The highest BCUT2D eigenvalue weighted by atomic mass is 16.6. The molecule has 1 unspecified atom stereocenters. The fourth-order valence-electron chi connectivity index (χ4n) is 10.5. The van der Waals surface area contributed by atoms with Crippen LogP contribution in [0.3, 0.4) is 0 Å². The lowest BCUT2D eigenvalue weighted by Crippen LogP contribution is -2.30. The standard InChI is InChI=1S/C71H132O6/c1-4-7-10-13-16-19-22-25-26-27-28-29-30-31-32-33-34-35-36-37-38-39-40-41-42-43-44-47-49-52-55-58-61-64-70(73)76-67-68(77-71(74)65-62-59-56-53-50-46-24-21-18-15-12-9-6-3)66-75-69(72)63-60-57-54-51-48-45-23-20-17-14-11-8-5-2/h9,12,18,21,46,50,68H,4-8,10-11,13-17,19-20,22-45,47-49,51-67H2,1-3H3/b12-9-,21-18-,50-46-. The van der Waals surface area contributed by atoms with Gasteiger partial charge in [-0.25, -0.2) is 0 Å². The molecule has 0 fully saturated rings. The summed E-state index contributed by atoms with van der Waals surface area (Å²) < 4.78 is 16.9. The summed E-state index contributed by atoms with van der Waals surface area (Å²) in [5.74, 6) is -0.886. The number of allylic oxidation sites excluding steroid dienone is 6. The van der Waals surface area contributed by atoms with Gasteiger partial charge in [0.2, 0.25) is 0 Å². The van der Waals surface area contributed by atoms with Crippen LogP contribution in [0.1, 0.15) is 380 Å². The number of carbonyl (C=O) groups excluding carboxylic acids is 3. The molecule has 0 aromatic rings. The maximum atomic E-state index is 12.8. The first-order valence-corrected chi connectivity index (χ1v) is 34.5. The molecule has 1 atom stereocenters. The van der Waals surface area contributed by atoms with E-state index < -0.39 is 6.10 Å². The zero-order valence-corrected chi connectivity index (χ0v) is 52.0. The van der Waals surface area contributed by atoms with Gasteiger partial charge >= 0.3 is 17.9 Å². The number of esters is 3. The lowest BCUT2D eigenvalue weighted by molar-refractivity contribution is -0.167. The van der Waals surface area contributed by atoms with Crippen LogP contribution < -0.4 is 0 Å². The molecule has 0 saturated carbocycles. The number of unbranched alkanes of at least 4 members (excludes halogenated alkanes) is 47. The highest BCUT2D eigenvalue weighted by molar-refractivity contribution is 5.71. The second kappa shape index (κ2) is 66.1. The van der Waals surface area contributed by atoms with Crippen molar-refractivity contribution in [3.05, 3.63) is 36.5 Å². The minimum absolute atomic E-state index is 0.0790. The molecule has 0 aliphatic heterocycles. The Hall–Kier alpha value is -2.37. The molecule has 0 aromatic heterocycles. The fraction of sp³-hybridized carbons (Fsp3) is 0.873. The van der Waals surface area contributed by atoms with Gasteiger partial charge in [-0.15, -0.1) is 0 Å². The van der Waals surface area contributed by atoms with Crippen molar-refractivity contribution in [2.24, 2.45) is 0 Å². The van der Waals surface area contributed by atoms with E-state index >= 15 is 0 Å². The van der Waals surface area contributed by atoms with E-state index in [1.165, 1.54) is 257 Å². The van der Waals surface area contributed by atoms with Gasteiger partial charge in [-0.2, -0.15) is 0 Å². The Morgan fingerprint density at radius 3 is 0.792 bits per heavy atom. The van der Waals surface area contributed by atoms with Gasteiger partial charge in [0.25, 0.3) is 0 Å². The second-order valence-electron chi connectivity index (χ2n) is 23.4. The molecule has 452 valence electrons. The van der Waals surface area contributed by atoms with E-state index in [1.807, 2.05) is 0 Å². The average Bonchev–Trinajstić information content (AvgIpc) is 3.43. The van der Waals surface area contributed by atoms with Crippen LogP contribution in [0, 0.1) is 0 Å². The van der Waals surface area contributed by atoms with Crippen LogP contribution in [0.15, 0.2) is 36.5 Å². The lowest BCUT2D eigenvalue weighted by atomic mass is 10.0. The van der Waals surface area contributed by atoms with Crippen molar-refractivity contribution in [3.8, 4) is 0 Å². The molecule has 0 spiro atoms. The maximum Gasteiger partial charge on any atom is 0.306 e. The van der Waals surface area contributed by atoms with E-state index in [-0.39, 0.29) is 31.1 Å². The van der Waals surface area contributed by atoms with Crippen LogP contribution in [0.2, 0.25) is 0 Å². The van der Waals surface area contributed by atoms with Crippen LogP contribution in [-0.2, 0) is 28.6 Å². The smallest absolute Gasteiger partial charge is 0.306 e. The van der Waals surface area contributed by atoms with E-state index in [0.29, 0.717) is 19.3 Å². The van der Waals surface area contributed by atoms with E-state index in [0.717, 1.165) is 83.5 Å². The fourth-order valence-corrected chi connectivity index (χ4v) is 10.5. The van der Waals surface area contributed by atoms with Gasteiger partial charge in [0.05, 0.1) is 0 Å². The molecule has 0 rings (SSSR count). The highest BCUT2D eigenvalue weighted by Crippen LogP contribution is 2.19. The van der Waals surface area contributed by atoms with Gasteiger partial charge in [0.15, 0.2) is 6.10 Å². The Balaban J connectivity index is 4.04. The van der Waals surface area contributed by atoms with Gasteiger partial charge in [0.1, 0.15) is 13.2 Å². The number of rotatable bonds is 64. The minimum atomic E-state index is -0.784. The topological polar surface area (TPSA) is 78.9 Å². The average molecular weight is 1080 g/mol. The minimum Gasteiger partial charge on any atom is -0.462 e. The SMILES string of the molecule is CC/C=C\C/C=C\C/C=C\CCCCCC(=O)OC(COC(=O)CCCCCCCCCCCCCCC)COC(=O)CCCCCCCCCCCCCCCCCCCCCCCCCCCCCCCCCCC. The lowest BCUT2D eigenvalue weighted by Gasteiger charge is -2.18. The molecular formula is C71H132O6. The van der Waals surface area contributed by atoms with E-state index in [4.69, 9.17) is 14.2 Å². The molecule has 0 N–H and O–H groups in total. The summed E-state index contributed by atoms with van der Waals surface area (Å²) in [6, 6.07) is 0. The maximum absolute atomic E-state index is 12.8. The molecule has 6 nitrogen and oxygen atoms in total. The van der Waals surface area contributed by atoms with Crippen LogP contribution in [0.25, 0.3) is 0 Å². The zero-order chi connectivity index (χ0) is 55.7. The number of carbonyl (C=O) groups is 3. The molecule has 0 aromatic carbocycles. The molecule has 0 radical (unpaired) electrons. The number of hydrogen-bond donors (Lipinski definition) is 0. The summed E-state index contributed by atoms with van der Waals surface area (Å²) in [6.45, 7) is 6.56. The number of hydrogen-bond acceptors (Lipinski definition) is 6. The zero-order valence-electron chi connectivity index (χ0n) is 52.0. The Kier molecular flexibility index (Phi) is 64.1. The Morgan fingerprint density at radius 2 is 0.506 bits per heavy atom. The molecule has 0 heterocycles. The van der Waals surface area contributed by atoms with Gasteiger partial charge < -0.3 is 14.2 Å². The van der Waals surface area contributed by atoms with Crippen LogP contribution in [0.5, 0.6) is 0 Å². The first kappa shape index (κ1) is 74.6. The molecular weight excluding hydrogens is 949 g/mol. The van der Waals surface area contributed by atoms with E-state index in [9.17, 15) is 14.4 Å². The van der Waals surface area contributed by atoms with Gasteiger partial charge in [-0.1, -0.05) is 346 Å². The number of ether oxygens (including phenoxy) is 3. The molecule has 0 aliphatic rings. The molecule has 6 heteroatoms. The van der Waals surface area contributed by atoms with E-state index in [1.54, 1.807) is 0 Å². The summed E-state index contributed by atoms with van der Waals surface area (Å²) >= 11 is 0. The molecule has 0 bridgehead atoms. The predicted molar refractivity (Wildman–Crippen MR) is 335 cm³/mol. The van der Waals surface area contributed by atoms with Crippen molar-refractivity contribution >= 4 is 17.9 Å².